The molecule has 3 aromatic carbocycles. The maximum Gasteiger partial charge on any atom is 0.266 e. The Labute approximate surface area is 192 Å². The molecule has 5 rings (SSSR count). The van der Waals surface area contributed by atoms with E-state index in [0.717, 1.165) is 16.8 Å². The molecule has 0 radical (unpaired) electrons. The lowest BCUT2D eigenvalue weighted by Crippen LogP contribution is -2.37. The van der Waals surface area contributed by atoms with Crippen molar-refractivity contribution in [1.29, 1.82) is 0 Å². The van der Waals surface area contributed by atoms with E-state index in [0.29, 0.717) is 17.2 Å². The van der Waals surface area contributed by atoms with Crippen molar-refractivity contribution in [2.75, 3.05) is 24.2 Å². The number of imide groups is 1. The molecule has 0 aliphatic carbocycles. The molecule has 3 aromatic rings. The third-order valence-electron chi connectivity index (χ3n) is 6.15. The molecule has 0 unspecified atom stereocenters. The highest BCUT2D eigenvalue weighted by atomic mass is 16.7. The number of para-hydroxylation sites is 1. The Morgan fingerprint density at radius 1 is 0.818 bits per heavy atom. The molecule has 2 aliphatic rings. The number of ether oxygens (including phenoxy) is 2. The highest BCUT2D eigenvalue weighted by Crippen LogP contribution is 2.49. The Bertz CT molecular complexity index is 1210. The average Bonchev–Trinajstić information content (AvgIpc) is 3.35. The Kier molecular flexibility index (Phi) is 5.26. The molecule has 33 heavy (non-hydrogen) atoms. The van der Waals surface area contributed by atoms with E-state index in [9.17, 15) is 9.59 Å². The van der Waals surface area contributed by atoms with Gasteiger partial charge in [0.05, 0.1) is 31.6 Å². The van der Waals surface area contributed by atoms with Crippen molar-refractivity contribution >= 4 is 23.2 Å². The lowest BCUT2D eigenvalue weighted by Gasteiger charge is -2.29. The van der Waals surface area contributed by atoms with Crippen LogP contribution in [0.5, 0.6) is 11.5 Å². The van der Waals surface area contributed by atoms with Crippen molar-refractivity contribution in [2.24, 2.45) is 5.92 Å². The summed E-state index contributed by atoms with van der Waals surface area (Å²) in [5.74, 6) is -0.213. The van der Waals surface area contributed by atoms with Gasteiger partial charge in [0.25, 0.3) is 5.91 Å². The monoisotopic (exact) mass is 444 g/mol. The maximum atomic E-state index is 13.7. The summed E-state index contributed by atoms with van der Waals surface area (Å²) in [6.07, 6.45) is -0.935. The van der Waals surface area contributed by atoms with Crippen LogP contribution >= 0.6 is 0 Å². The number of carbonyl (C=O) groups excluding carboxylic acids is 2. The van der Waals surface area contributed by atoms with Gasteiger partial charge in [0.15, 0.2) is 6.10 Å². The molecule has 0 N–H and O–H groups in total. The largest absolute Gasteiger partial charge is 0.497 e. The van der Waals surface area contributed by atoms with Crippen LogP contribution < -0.4 is 19.4 Å². The molecular weight excluding hydrogens is 420 g/mol. The van der Waals surface area contributed by atoms with Crippen molar-refractivity contribution in [3.05, 3.63) is 83.9 Å². The molecular formula is C26H24N2O5. The summed E-state index contributed by atoms with van der Waals surface area (Å²) in [6, 6.07) is 21.7. The lowest BCUT2D eigenvalue weighted by atomic mass is 9.90. The first-order chi connectivity index (χ1) is 16.0. The maximum absolute atomic E-state index is 13.7. The van der Waals surface area contributed by atoms with Gasteiger partial charge in [-0.25, -0.2) is 9.96 Å². The number of rotatable bonds is 5. The van der Waals surface area contributed by atoms with E-state index in [1.54, 1.807) is 31.4 Å². The molecule has 2 amide bonds. The van der Waals surface area contributed by atoms with Crippen molar-refractivity contribution in [3.8, 4) is 11.5 Å². The summed E-state index contributed by atoms with van der Waals surface area (Å²) >= 11 is 0. The highest BCUT2D eigenvalue weighted by molar-refractivity contribution is 6.24. The number of amides is 2. The van der Waals surface area contributed by atoms with Crippen LogP contribution in [0.2, 0.25) is 0 Å². The second-order valence-electron chi connectivity index (χ2n) is 8.12. The van der Waals surface area contributed by atoms with Crippen LogP contribution in [0.3, 0.4) is 0 Å². The van der Waals surface area contributed by atoms with Gasteiger partial charge in [0.2, 0.25) is 5.91 Å². The van der Waals surface area contributed by atoms with Gasteiger partial charge in [-0.05, 0) is 48.9 Å². The normalized spacial score (nSPS) is 22.0. The first-order valence-corrected chi connectivity index (χ1v) is 10.7. The molecule has 0 spiro atoms. The minimum atomic E-state index is -0.935. The molecule has 0 saturated carbocycles. The van der Waals surface area contributed by atoms with Crippen LogP contribution in [-0.4, -0.2) is 32.1 Å². The number of hydrogen-bond donors (Lipinski definition) is 0. The Morgan fingerprint density at radius 2 is 1.58 bits per heavy atom. The van der Waals surface area contributed by atoms with Crippen molar-refractivity contribution in [2.45, 2.75) is 19.1 Å². The fourth-order valence-electron chi connectivity index (χ4n) is 4.61. The first kappa shape index (κ1) is 21.0. The molecule has 168 valence electrons. The molecule has 7 heteroatoms. The molecule has 2 saturated heterocycles. The third kappa shape index (κ3) is 3.41. The summed E-state index contributed by atoms with van der Waals surface area (Å²) in [7, 11) is 3.15. The zero-order valence-corrected chi connectivity index (χ0v) is 18.6. The Balaban J connectivity index is 1.62. The van der Waals surface area contributed by atoms with Crippen LogP contribution in [0.25, 0.3) is 0 Å². The number of fused-ring (bicyclic) bond motifs is 1. The van der Waals surface area contributed by atoms with Crippen molar-refractivity contribution in [3.63, 3.8) is 0 Å². The molecule has 2 heterocycles. The standard InChI is InChI=1S/C26H24N2O5/c1-16-8-7-11-18(14-16)27-25(29)22-23(20-13-12-19(31-2)15-21(20)32-3)28(33-24(22)26(27)30)17-9-5-4-6-10-17/h4-15,22-24H,1-3H3/t22-,23+,24+/m1/s1. The molecule has 2 aliphatic heterocycles. The van der Waals surface area contributed by atoms with E-state index in [-0.39, 0.29) is 11.8 Å². The number of anilines is 2. The van der Waals surface area contributed by atoms with E-state index in [1.165, 1.54) is 4.90 Å². The zero-order chi connectivity index (χ0) is 23.1. The molecule has 3 atom stereocenters. The SMILES string of the molecule is COc1ccc([C@H]2[C@H]3C(=O)N(c4cccc(C)c4)C(=O)[C@H]3ON2c2ccccc2)c(OC)c1. The molecule has 0 aromatic heterocycles. The van der Waals surface area contributed by atoms with Crippen LogP contribution in [0, 0.1) is 12.8 Å². The number of benzene rings is 3. The number of aryl methyl sites for hydroxylation is 1. The average molecular weight is 444 g/mol. The number of methoxy groups -OCH3 is 2. The number of hydrogen-bond acceptors (Lipinski definition) is 6. The summed E-state index contributed by atoms with van der Waals surface area (Å²) < 4.78 is 11.0. The van der Waals surface area contributed by atoms with Gasteiger partial charge in [0, 0.05) is 11.6 Å². The minimum Gasteiger partial charge on any atom is -0.497 e. The van der Waals surface area contributed by atoms with Gasteiger partial charge < -0.3 is 9.47 Å². The van der Waals surface area contributed by atoms with Gasteiger partial charge in [-0.15, -0.1) is 0 Å². The first-order valence-electron chi connectivity index (χ1n) is 10.7. The van der Waals surface area contributed by atoms with E-state index in [4.69, 9.17) is 14.3 Å². The fraction of sp³-hybridized carbons (Fsp3) is 0.231. The topological polar surface area (TPSA) is 68.3 Å². The molecule has 2 fully saturated rings. The second kappa shape index (κ2) is 8.26. The summed E-state index contributed by atoms with van der Waals surface area (Å²) in [4.78, 5) is 34.6. The van der Waals surface area contributed by atoms with Gasteiger partial charge in [0.1, 0.15) is 17.4 Å². The van der Waals surface area contributed by atoms with Gasteiger partial charge in [-0.1, -0.05) is 30.3 Å². The highest BCUT2D eigenvalue weighted by Gasteiger charge is 2.60. The van der Waals surface area contributed by atoms with Crippen LogP contribution in [0.15, 0.2) is 72.8 Å². The molecule has 7 nitrogen and oxygen atoms in total. The van der Waals surface area contributed by atoms with Crippen LogP contribution in [0.4, 0.5) is 11.4 Å². The fourth-order valence-corrected chi connectivity index (χ4v) is 4.61. The zero-order valence-electron chi connectivity index (χ0n) is 18.6. The lowest BCUT2D eigenvalue weighted by molar-refractivity contribution is -0.126. The van der Waals surface area contributed by atoms with Crippen LogP contribution in [-0.2, 0) is 14.4 Å². The summed E-state index contributed by atoms with van der Waals surface area (Å²) in [5, 5.41) is 1.66. The Hall–Kier alpha value is -3.84. The summed E-state index contributed by atoms with van der Waals surface area (Å²) in [6.45, 7) is 1.92. The van der Waals surface area contributed by atoms with Crippen LogP contribution in [0.1, 0.15) is 17.2 Å². The Morgan fingerprint density at radius 3 is 2.27 bits per heavy atom. The van der Waals surface area contributed by atoms with E-state index in [2.05, 4.69) is 0 Å². The third-order valence-corrected chi connectivity index (χ3v) is 6.15. The predicted octanol–water partition coefficient (Wildman–Crippen LogP) is 4.06. The van der Waals surface area contributed by atoms with Gasteiger partial charge in [-0.2, -0.15) is 0 Å². The number of hydroxylamine groups is 1. The van der Waals surface area contributed by atoms with Gasteiger partial charge >= 0.3 is 0 Å². The smallest absolute Gasteiger partial charge is 0.266 e. The second-order valence-corrected chi connectivity index (χ2v) is 8.12. The van der Waals surface area contributed by atoms with Crippen molar-refractivity contribution in [1.82, 2.24) is 0 Å². The van der Waals surface area contributed by atoms with E-state index in [1.807, 2.05) is 67.6 Å². The van der Waals surface area contributed by atoms with E-state index >= 15 is 0 Å². The summed E-state index contributed by atoms with van der Waals surface area (Å²) in [5.41, 5.74) is 3.00. The number of nitrogens with zero attached hydrogens (tertiary/aromatic N) is 2. The minimum absolute atomic E-state index is 0.295. The predicted molar refractivity (Wildman–Crippen MR) is 123 cm³/mol. The van der Waals surface area contributed by atoms with Gasteiger partial charge in [-0.3, -0.25) is 14.4 Å². The quantitative estimate of drug-likeness (QED) is 0.553. The van der Waals surface area contributed by atoms with Crippen molar-refractivity contribution < 1.29 is 23.9 Å². The van der Waals surface area contributed by atoms with E-state index < -0.39 is 18.1 Å². The number of carbonyl (C=O) groups is 2. The molecule has 0 bridgehead atoms.